The van der Waals surface area contributed by atoms with Crippen LogP contribution >= 0.6 is 0 Å². The average molecular weight is 207 g/mol. The van der Waals surface area contributed by atoms with Crippen LogP contribution in [0.4, 0.5) is 5.82 Å². The molecule has 1 aromatic rings. The molecule has 3 atom stereocenters. The summed E-state index contributed by atoms with van der Waals surface area (Å²) in [5.74, 6) is 2.35. The van der Waals surface area contributed by atoms with Gasteiger partial charge in [0.1, 0.15) is 5.82 Å². The van der Waals surface area contributed by atoms with Gasteiger partial charge in [-0.1, -0.05) is 20.3 Å². The van der Waals surface area contributed by atoms with Crippen molar-refractivity contribution in [3.05, 3.63) is 11.8 Å². The number of aryl methyl sites for hydroxylation is 1. The number of hydrogen-bond donors (Lipinski definition) is 1. The maximum atomic E-state index is 6.04. The third kappa shape index (κ3) is 1.87. The summed E-state index contributed by atoms with van der Waals surface area (Å²) in [4.78, 5) is 0. The first-order chi connectivity index (χ1) is 7.09. The molecule has 1 heterocycles. The molecular weight excluding hydrogens is 186 g/mol. The molecule has 0 bridgehead atoms. The van der Waals surface area contributed by atoms with E-state index in [2.05, 4.69) is 18.9 Å². The third-order valence-corrected chi connectivity index (χ3v) is 3.76. The number of nitrogen functional groups attached to an aromatic ring is 1. The zero-order valence-electron chi connectivity index (χ0n) is 9.90. The highest BCUT2D eigenvalue weighted by Gasteiger charge is 2.28. The average Bonchev–Trinajstić information content (AvgIpc) is 2.52. The molecule has 0 amide bonds. The van der Waals surface area contributed by atoms with Crippen LogP contribution in [0.1, 0.15) is 44.7 Å². The SMILES string of the molecule is Cc1cnn(C2CC(C)CCC2C)c1N. The Hall–Kier alpha value is -0.990. The van der Waals surface area contributed by atoms with Crippen molar-refractivity contribution in [3.63, 3.8) is 0 Å². The molecule has 15 heavy (non-hydrogen) atoms. The van der Waals surface area contributed by atoms with Crippen molar-refractivity contribution >= 4 is 5.82 Å². The van der Waals surface area contributed by atoms with Gasteiger partial charge in [0.05, 0.1) is 12.2 Å². The Morgan fingerprint density at radius 3 is 2.73 bits per heavy atom. The van der Waals surface area contributed by atoms with Crippen LogP contribution in [0.2, 0.25) is 0 Å². The van der Waals surface area contributed by atoms with Crippen molar-refractivity contribution in [1.82, 2.24) is 9.78 Å². The molecule has 0 aromatic carbocycles. The maximum Gasteiger partial charge on any atom is 0.124 e. The fourth-order valence-electron chi connectivity index (χ4n) is 2.57. The number of nitrogens with two attached hydrogens (primary N) is 1. The van der Waals surface area contributed by atoms with Crippen LogP contribution in [0.3, 0.4) is 0 Å². The third-order valence-electron chi connectivity index (χ3n) is 3.76. The minimum atomic E-state index is 0.502. The molecule has 1 aliphatic rings. The van der Waals surface area contributed by atoms with Crippen molar-refractivity contribution in [3.8, 4) is 0 Å². The molecule has 2 rings (SSSR count). The normalized spacial score (nSPS) is 31.8. The summed E-state index contributed by atoms with van der Waals surface area (Å²) in [6.45, 7) is 6.66. The molecule has 0 radical (unpaired) electrons. The lowest BCUT2D eigenvalue weighted by molar-refractivity contribution is 0.196. The van der Waals surface area contributed by atoms with Gasteiger partial charge in [-0.05, 0) is 31.6 Å². The fraction of sp³-hybridized carbons (Fsp3) is 0.750. The zero-order valence-corrected chi connectivity index (χ0v) is 9.90. The van der Waals surface area contributed by atoms with Gasteiger partial charge in [-0.15, -0.1) is 0 Å². The Balaban J connectivity index is 2.25. The minimum absolute atomic E-state index is 0.502. The minimum Gasteiger partial charge on any atom is -0.384 e. The van der Waals surface area contributed by atoms with Gasteiger partial charge in [0, 0.05) is 5.56 Å². The number of aromatic nitrogens is 2. The quantitative estimate of drug-likeness (QED) is 0.769. The van der Waals surface area contributed by atoms with Crippen LogP contribution in [0.5, 0.6) is 0 Å². The topological polar surface area (TPSA) is 43.8 Å². The van der Waals surface area contributed by atoms with Crippen molar-refractivity contribution < 1.29 is 0 Å². The largest absolute Gasteiger partial charge is 0.384 e. The summed E-state index contributed by atoms with van der Waals surface area (Å²) in [5.41, 5.74) is 7.14. The van der Waals surface area contributed by atoms with E-state index in [0.29, 0.717) is 12.0 Å². The van der Waals surface area contributed by atoms with E-state index in [1.54, 1.807) is 0 Å². The van der Waals surface area contributed by atoms with Crippen LogP contribution in [-0.2, 0) is 0 Å². The molecular formula is C12H21N3. The smallest absolute Gasteiger partial charge is 0.124 e. The Labute approximate surface area is 91.7 Å². The lowest BCUT2D eigenvalue weighted by atomic mass is 9.80. The molecule has 0 aliphatic heterocycles. The molecule has 1 fully saturated rings. The Morgan fingerprint density at radius 1 is 1.40 bits per heavy atom. The predicted molar refractivity (Wildman–Crippen MR) is 62.6 cm³/mol. The summed E-state index contributed by atoms with van der Waals surface area (Å²) in [7, 11) is 0. The van der Waals surface area contributed by atoms with Crippen molar-refractivity contribution in [1.29, 1.82) is 0 Å². The van der Waals surface area contributed by atoms with Gasteiger partial charge in [-0.25, -0.2) is 4.68 Å². The first-order valence-electron chi connectivity index (χ1n) is 5.89. The second-order valence-electron chi connectivity index (χ2n) is 5.12. The summed E-state index contributed by atoms with van der Waals surface area (Å²) in [6, 6.07) is 0.502. The highest BCUT2D eigenvalue weighted by Crippen LogP contribution is 2.37. The van der Waals surface area contributed by atoms with Crippen LogP contribution in [0.15, 0.2) is 6.20 Å². The summed E-state index contributed by atoms with van der Waals surface area (Å²) < 4.78 is 2.04. The summed E-state index contributed by atoms with van der Waals surface area (Å²) in [6.07, 6.45) is 5.73. The van der Waals surface area contributed by atoms with Crippen molar-refractivity contribution in [2.75, 3.05) is 5.73 Å². The lowest BCUT2D eigenvalue weighted by Crippen LogP contribution is -2.26. The molecule has 3 unspecified atom stereocenters. The van der Waals surface area contributed by atoms with E-state index in [1.807, 2.05) is 17.8 Å². The fourth-order valence-corrected chi connectivity index (χ4v) is 2.57. The second-order valence-corrected chi connectivity index (χ2v) is 5.12. The van der Waals surface area contributed by atoms with Gasteiger partial charge < -0.3 is 5.73 Å². The van der Waals surface area contributed by atoms with Gasteiger partial charge in [-0.3, -0.25) is 0 Å². The molecule has 1 saturated carbocycles. The van der Waals surface area contributed by atoms with Gasteiger partial charge >= 0.3 is 0 Å². The molecule has 3 heteroatoms. The van der Waals surface area contributed by atoms with E-state index < -0.39 is 0 Å². The number of nitrogens with zero attached hydrogens (tertiary/aromatic N) is 2. The Kier molecular flexibility index (Phi) is 2.72. The molecule has 0 saturated heterocycles. The predicted octanol–water partition coefficient (Wildman–Crippen LogP) is 2.77. The highest BCUT2D eigenvalue weighted by molar-refractivity contribution is 5.37. The summed E-state index contributed by atoms with van der Waals surface area (Å²) >= 11 is 0. The Bertz CT molecular complexity index is 343. The standard InChI is InChI=1S/C12H21N3/c1-8-4-5-9(2)11(6-8)15-12(13)10(3)7-14-15/h7-9,11H,4-6,13H2,1-3H3. The Morgan fingerprint density at radius 2 is 2.13 bits per heavy atom. The molecule has 1 aliphatic carbocycles. The van der Waals surface area contributed by atoms with Gasteiger partial charge in [0.25, 0.3) is 0 Å². The number of rotatable bonds is 1. The van der Waals surface area contributed by atoms with E-state index in [0.717, 1.165) is 17.3 Å². The van der Waals surface area contributed by atoms with Crippen molar-refractivity contribution in [2.24, 2.45) is 11.8 Å². The summed E-state index contributed by atoms with van der Waals surface area (Å²) in [5, 5.41) is 4.42. The van der Waals surface area contributed by atoms with E-state index >= 15 is 0 Å². The van der Waals surface area contributed by atoms with E-state index in [-0.39, 0.29) is 0 Å². The van der Waals surface area contributed by atoms with Crippen molar-refractivity contribution in [2.45, 2.75) is 46.1 Å². The molecule has 0 spiro atoms. The van der Waals surface area contributed by atoms with E-state index in [1.165, 1.54) is 19.3 Å². The number of hydrogen-bond acceptors (Lipinski definition) is 2. The monoisotopic (exact) mass is 207 g/mol. The van der Waals surface area contributed by atoms with Gasteiger partial charge in [0.15, 0.2) is 0 Å². The lowest BCUT2D eigenvalue weighted by Gasteiger charge is -2.33. The first kappa shape index (κ1) is 10.5. The van der Waals surface area contributed by atoms with E-state index in [9.17, 15) is 0 Å². The molecule has 3 nitrogen and oxygen atoms in total. The molecule has 84 valence electrons. The van der Waals surface area contributed by atoms with Crippen LogP contribution in [0, 0.1) is 18.8 Å². The van der Waals surface area contributed by atoms with Gasteiger partial charge in [0.2, 0.25) is 0 Å². The number of anilines is 1. The van der Waals surface area contributed by atoms with Crippen LogP contribution < -0.4 is 5.73 Å². The van der Waals surface area contributed by atoms with Gasteiger partial charge in [-0.2, -0.15) is 5.10 Å². The zero-order chi connectivity index (χ0) is 11.0. The second kappa shape index (κ2) is 3.87. The van der Waals surface area contributed by atoms with Crippen LogP contribution in [0.25, 0.3) is 0 Å². The van der Waals surface area contributed by atoms with Crippen LogP contribution in [-0.4, -0.2) is 9.78 Å². The molecule has 1 aromatic heterocycles. The molecule has 2 N–H and O–H groups in total. The highest BCUT2D eigenvalue weighted by atomic mass is 15.3. The van der Waals surface area contributed by atoms with E-state index in [4.69, 9.17) is 5.73 Å². The first-order valence-corrected chi connectivity index (χ1v) is 5.89. The maximum absolute atomic E-state index is 6.04.